The summed E-state index contributed by atoms with van der Waals surface area (Å²) in [5.74, 6) is 0. The highest BCUT2D eigenvalue weighted by atomic mass is 35.5. The van der Waals surface area contributed by atoms with E-state index in [0.29, 0.717) is 13.1 Å². The van der Waals surface area contributed by atoms with Crippen molar-refractivity contribution in [2.24, 2.45) is 5.73 Å². The van der Waals surface area contributed by atoms with Gasteiger partial charge in [-0.05, 0) is 25.0 Å². The molecular formula is C11H14Cl2N2O2S. The highest BCUT2D eigenvalue weighted by molar-refractivity contribution is 7.89. The van der Waals surface area contributed by atoms with Gasteiger partial charge in [0.05, 0.1) is 10.0 Å². The van der Waals surface area contributed by atoms with Crippen LogP contribution in [0.2, 0.25) is 10.0 Å². The fraction of sp³-hybridized carbons (Fsp3) is 0.455. The molecule has 2 N–H and O–H groups in total. The number of hydrogen-bond acceptors (Lipinski definition) is 3. The summed E-state index contributed by atoms with van der Waals surface area (Å²) >= 11 is 11.8. The summed E-state index contributed by atoms with van der Waals surface area (Å²) in [5.41, 5.74) is 5.80. The Morgan fingerprint density at radius 1 is 1.33 bits per heavy atom. The van der Waals surface area contributed by atoms with Crippen LogP contribution in [0.1, 0.15) is 12.8 Å². The molecule has 0 bridgehead atoms. The van der Waals surface area contributed by atoms with Gasteiger partial charge in [-0.3, -0.25) is 0 Å². The molecule has 0 saturated carbocycles. The van der Waals surface area contributed by atoms with Gasteiger partial charge in [-0.25, -0.2) is 8.42 Å². The van der Waals surface area contributed by atoms with E-state index >= 15 is 0 Å². The molecule has 2 rings (SSSR count). The van der Waals surface area contributed by atoms with Crippen LogP contribution in [-0.2, 0) is 10.0 Å². The lowest BCUT2D eigenvalue weighted by Gasteiger charge is -2.30. The second-order valence-corrected chi connectivity index (χ2v) is 7.01. The maximum absolute atomic E-state index is 12.4. The molecule has 0 amide bonds. The van der Waals surface area contributed by atoms with Crippen LogP contribution in [0.4, 0.5) is 0 Å². The van der Waals surface area contributed by atoms with Gasteiger partial charge in [-0.15, -0.1) is 0 Å². The van der Waals surface area contributed by atoms with Crippen molar-refractivity contribution in [3.63, 3.8) is 0 Å². The molecule has 0 radical (unpaired) electrons. The molecule has 0 spiro atoms. The van der Waals surface area contributed by atoms with Crippen molar-refractivity contribution < 1.29 is 8.42 Å². The molecule has 1 aliphatic heterocycles. The molecule has 100 valence electrons. The molecule has 0 unspecified atom stereocenters. The minimum Gasteiger partial charge on any atom is -0.327 e. The second-order valence-electron chi connectivity index (χ2n) is 4.32. The van der Waals surface area contributed by atoms with Crippen LogP contribution in [0.3, 0.4) is 0 Å². The molecule has 18 heavy (non-hydrogen) atoms. The molecule has 1 saturated heterocycles. The molecule has 1 aromatic carbocycles. The largest absolute Gasteiger partial charge is 0.327 e. The predicted molar refractivity (Wildman–Crippen MR) is 72.4 cm³/mol. The van der Waals surface area contributed by atoms with Gasteiger partial charge in [0.1, 0.15) is 4.90 Å². The molecule has 7 heteroatoms. The van der Waals surface area contributed by atoms with Crippen molar-refractivity contribution in [3.05, 3.63) is 28.2 Å². The Labute approximate surface area is 117 Å². The Hall–Kier alpha value is -0.330. The monoisotopic (exact) mass is 308 g/mol. The summed E-state index contributed by atoms with van der Waals surface area (Å²) in [4.78, 5) is 0.0470. The van der Waals surface area contributed by atoms with E-state index in [1.54, 1.807) is 12.1 Å². The number of nitrogens with two attached hydrogens (primary N) is 1. The third-order valence-electron chi connectivity index (χ3n) is 2.95. The lowest BCUT2D eigenvalue weighted by Crippen LogP contribution is -2.45. The number of nitrogens with zero attached hydrogens (tertiary/aromatic N) is 1. The van der Waals surface area contributed by atoms with Gasteiger partial charge in [0.2, 0.25) is 10.0 Å². The van der Waals surface area contributed by atoms with Crippen LogP contribution < -0.4 is 5.73 Å². The van der Waals surface area contributed by atoms with Gasteiger partial charge in [-0.2, -0.15) is 4.31 Å². The lowest BCUT2D eigenvalue weighted by molar-refractivity contribution is 0.316. The first-order valence-electron chi connectivity index (χ1n) is 5.62. The Kier molecular flexibility index (Phi) is 4.18. The minimum absolute atomic E-state index is 0.0470. The van der Waals surface area contributed by atoms with Crippen LogP contribution >= 0.6 is 23.2 Å². The zero-order valence-electron chi connectivity index (χ0n) is 9.64. The molecule has 4 nitrogen and oxygen atoms in total. The number of halogens is 2. The zero-order valence-corrected chi connectivity index (χ0v) is 12.0. The summed E-state index contributed by atoms with van der Waals surface area (Å²) in [6, 6.07) is 4.48. The molecule has 1 aromatic rings. The first-order chi connectivity index (χ1) is 8.43. The van der Waals surface area contributed by atoms with Crippen molar-refractivity contribution in [1.29, 1.82) is 0 Å². The van der Waals surface area contributed by atoms with Crippen molar-refractivity contribution in [2.45, 2.75) is 23.8 Å². The van der Waals surface area contributed by atoms with E-state index in [1.807, 2.05) is 0 Å². The van der Waals surface area contributed by atoms with Gasteiger partial charge in [-0.1, -0.05) is 29.3 Å². The fourth-order valence-corrected chi connectivity index (χ4v) is 4.29. The van der Waals surface area contributed by atoms with E-state index in [-0.39, 0.29) is 21.0 Å². The average Bonchev–Trinajstić information content (AvgIpc) is 2.32. The van der Waals surface area contributed by atoms with Crippen molar-refractivity contribution in [2.75, 3.05) is 13.1 Å². The molecule has 1 atom stereocenters. The standard InChI is InChI=1S/C11H14Cl2N2O2S/c12-9-4-1-5-10(11(9)13)18(16,17)15-6-2-3-8(14)7-15/h1,4-5,8H,2-3,6-7,14H2/t8-/m1/s1. The third kappa shape index (κ3) is 2.65. The van der Waals surface area contributed by atoms with Gasteiger partial charge in [0, 0.05) is 19.1 Å². The van der Waals surface area contributed by atoms with E-state index in [1.165, 1.54) is 10.4 Å². The maximum atomic E-state index is 12.4. The van der Waals surface area contributed by atoms with Crippen LogP contribution in [0.25, 0.3) is 0 Å². The Morgan fingerprint density at radius 2 is 2.06 bits per heavy atom. The molecule has 1 fully saturated rings. The zero-order chi connectivity index (χ0) is 13.3. The number of hydrogen-bond donors (Lipinski definition) is 1. The maximum Gasteiger partial charge on any atom is 0.244 e. The SMILES string of the molecule is N[C@@H]1CCCN(S(=O)(=O)c2cccc(Cl)c2Cl)C1. The van der Waals surface area contributed by atoms with Crippen LogP contribution in [0.5, 0.6) is 0 Å². The van der Waals surface area contributed by atoms with Gasteiger partial charge < -0.3 is 5.73 Å². The topological polar surface area (TPSA) is 63.4 Å². The number of rotatable bonds is 2. The highest BCUT2D eigenvalue weighted by Gasteiger charge is 2.30. The summed E-state index contributed by atoms with van der Waals surface area (Å²) in [7, 11) is -3.61. The van der Waals surface area contributed by atoms with Gasteiger partial charge in [0.15, 0.2) is 0 Å². The number of sulfonamides is 1. The fourth-order valence-electron chi connectivity index (χ4n) is 2.01. The molecular weight excluding hydrogens is 295 g/mol. The summed E-state index contributed by atoms with van der Waals surface area (Å²) in [5, 5.41) is 0.303. The van der Waals surface area contributed by atoms with Gasteiger partial charge in [0.25, 0.3) is 0 Å². The number of piperidine rings is 1. The highest BCUT2D eigenvalue weighted by Crippen LogP contribution is 2.31. The summed E-state index contributed by atoms with van der Waals surface area (Å²) in [6.45, 7) is 0.796. The van der Waals surface area contributed by atoms with E-state index in [9.17, 15) is 8.42 Å². The van der Waals surface area contributed by atoms with Crippen LogP contribution in [0, 0.1) is 0 Å². The Bertz CT molecular complexity index is 548. The second kappa shape index (κ2) is 5.35. The average molecular weight is 309 g/mol. The lowest BCUT2D eigenvalue weighted by atomic mass is 10.1. The molecule has 0 aliphatic carbocycles. The Morgan fingerprint density at radius 3 is 2.72 bits per heavy atom. The normalized spacial score (nSPS) is 22.1. The first-order valence-corrected chi connectivity index (χ1v) is 7.82. The molecule has 1 heterocycles. The van der Waals surface area contributed by atoms with E-state index in [4.69, 9.17) is 28.9 Å². The third-order valence-corrected chi connectivity index (χ3v) is 5.79. The van der Waals surface area contributed by atoms with Crippen molar-refractivity contribution in [1.82, 2.24) is 4.31 Å². The smallest absolute Gasteiger partial charge is 0.244 e. The van der Waals surface area contributed by atoms with Crippen molar-refractivity contribution in [3.8, 4) is 0 Å². The molecule has 1 aliphatic rings. The summed E-state index contributed by atoms with van der Waals surface area (Å²) in [6.07, 6.45) is 1.61. The number of benzene rings is 1. The molecule has 0 aromatic heterocycles. The van der Waals surface area contributed by atoms with E-state index in [2.05, 4.69) is 0 Å². The van der Waals surface area contributed by atoms with Crippen molar-refractivity contribution >= 4 is 33.2 Å². The predicted octanol–water partition coefficient (Wildman–Crippen LogP) is 2.11. The quantitative estimate of drug-likeness (QED) is 0.910. The Balaban J connectivity index is 2.39. The van der Waals surface area contributed by atoms with Crippen LogP contribution in [0.15, 0.2) is 23.1 Å². The summed E-state index contributed by atoms with van der Waals surface area (Å²) < 4.78 is 26.2. The minimum atomic E-state index is -3.61. The van der Waals surface area contributed by atoms with E-state index < -0.39 is 10.0 Å². The van der Waals surface area contributed by atoms with Crippen LogP contribution in [-0.4, -0.2) is 31.9 Å². The first kappa shape index (κ1) is 14.1. The van der Waals surface area contributed by atoms with Gasteiger partial charge >= 0.3 is 0 Å². The van der Waals surface area contributed by atoms with E-state index in [0.717, 1.165) is 12.8 Å².